The number of rotatable bonds is 4. The number of piperazine rings is 1. The number of hydrogen-bond donors (Lipinski definition) is 1. The smallest absolute Gasteiger partial charge is 0.253 e. The third-order valence-corrected chi connectivity index (χ3v) is 5.12. The Bertz CT molecular complexity index is 616. The van der Waals surface area contributed by atoms with Gasteiger partial charge < -0.3 is 15.1 Å². The summed E-state index contributed by atoms with van der Waals surface area (Å²) in [4.78, 5) is 23.7. The van der Waals surface area contributed by atoms with Crippen LogP contribution in [-0.2, 0) is 0 Å². The van der Waals surface area contributed by atoms with Crippen LogP contribution in [-0.4, -0.2) is 79.6 Å². The molecule has 1 amide bonds. The minimum Gasteiger partial charge on any atom is -0.354 e. The monoisotopic (exact) mass is 341 g/mol. The fourth-order valence-electron chi connectivity index (χ4n) is 3.69. The molecule has 0 spiro atoms. The molecule has 2 saturated heterocycles. The predicted molar refractivity (Wildman–Crippen MR) is 99.7 cm³/mol. The van der Waals surface area contributed by atoms with E-state index in [1.165, 1.54) is 25.9 Å². The summed E-state index contributed by atoms with van der Waals surface area (Å²) < 4.78 is 0. The summed E-state index contributed by atoms with van der Waals surface area (Å²) in [6.45, 7) is 6.75. The minimum atomic E-state index is -0.178. The van der Waals surface area contributed by atoms with Crippen molar-refractivity contribution in [1.29, 1.82) is 0 Å². The summed E-state index contributed by atoms with van der Waals surface area (Å²) in [5, 5.41) is 2.65. The fraction of sp³-hybridized carbons (Fsp3) is 0.579. The molecule has 0 aliphatic carbocycles. The Labute approximate surface area is 150 Å². The molecule has 3 rings (SSSR count). The number of likely N-dealkylation sites (N-methyl/N-ethyl adjacent to an activating group) is 1. The average Bonchev–Trinajstić information content (AvgIpc) is 2.66. The van der Waals surface area contributed by atoms with Gasteiger partial charge in [0.1, 0.15) is 5.82 Å². The number of terminal acetylenes is 1. The molecule has 0 aromatic carbocycles. The number of nitrogens with one attached hydrogen (secondary N) is 1. The minimum absolute atomic E-state index is 0.178. The maximum atomic E-state index is 11.9. The second-order valence-corrected chi connectivity index (χ2v) is 6.87. The first-order valence-corrected chi connectivity index (χ1v) is 9.02. The van der Waals surface area contributed by atoms with Crippen molar-refractivity contribution in [2.45, 2.75) is 18.9 Å². The lowest BCUT2D eigenvalue weighted by atomic mass is 10.0. The predicted octanol–water partition coefficient (Wildman–Crippen LogP) is 0.661. The van der Waals surface area contributed by atoms with Crippen molar-refractivity contribution in [3.8, 4) is 12.3 Å². The second-order valence-electron chi connectivity index (χ2n) is 6.87. The van der Waals surface area contributed by atoms with Crippen LogP contribution < -0.4 is 10.2 Å². The summed E-state index contributed by atoms with van der Waals surface area (Å²) in [6.07, 6.45) is 9.39. The van der Waals surface area contributed by atoms with Gasteiger partial charge in [0.05, 0.1) is 12.1 Å². The highest BCUT2D eigenvalue weighted by atomic mass is 16.1. The largest absolute Gasteiger partial charge is 0.354 e. The molecule has 2 fully saturated rings. The normalized spacial score (nSPS) is 22.4. The molecule has 1 aromatic rings. The van der Waals surface area contributed by atoms with Crippen LogP contribution in [0, 0.1) is 12.3 Å². The van der Waals surface area contributed by atoms with Crippen LogP contribution in [0.3, 0.4) is 0 Å². The molecule has 0 saturated carbocycles. The van der Waals surface area contributed by atoms with Crippen molar-refractivity contribution in [2.75, 3.05) is 57.8 Å². The summed E-state index contributed by atoms with van der Waals surface area (Å²) >= 11 is 0. The molecule has 1 N–H and O–H groups in total. The van der Waals surface area contributed by atoms with Gasteiger partial charge in [0.2, 0.25) is 0 Å². The van der Waals surface area contributed by atoms with Gasteiger partial charge >= 0.3 is 0 Å². The topological polar surface area (TPSA) is 51.7 Å². The van der Waals surface area contributed by atoms with Crippen molar-refractivity contribution in [2.24, 2.45) is 0 Å². The molecule has 0 radical (unpaired) electrons. The number of piperidine rings is 1. The number of pyridine rings is 1. The molecule has 0 bridgehead atoms. The summed E-state index contributed by atoms with van der Waals surface area (Å²) in [6, 6.07) is 4.43. The van der Waals surface area contributed by atoms with Gasteiger partial charge in [-0.05, 0) is 38.6 Å². The third kappa shape index (κ3) is 4.50. The lowest BCUT2D eigenvalue weighted by Crippen LogP contribution is -2.54. The molecule has 1 aromatic heterocycles. The van der Waals surface area contributed by atoms with Crippen molar-refractivity contribution in [3.05, 3.63) is 23.9 Å². The van der Waals surface area contributed by atoms with Crippen LogP contribution in [0.1, 0.15) is 23.2 Å². The Morgan fingerprint density at radius 2 is 2.12 bits per heavy atom. The van der Waals surface area contributed by atoms with Gasteiger partial charge in [0.25, 0.3) is 5.91 Å². The lowest BCUT2D eigenvalue weighted by Gasteiger charge is -2.43. The number of aromatic nitrogens is 1. The standard InChI is InChI=1S/C19H27N5O/c1-3-8-20-19(25)16-6-7-18(21-14-16)24-12-10-23(11-13-24)17-5-4-9-22(2)15-17/h1,6-7,14,17H,4-5,8-13,15H2,2H3,(H,20,25). The average molecular weight is 341 g/mol. The van der Waals surface area contributed by atoms with Gasteiger partial charge in [0, 0.05) is 45.0 Å². The molecule has 2 aliphatic heterocycles. The summed E-state index contributed by atoms with van der Waals surface area (Å²) in [5.74, 6) is 3.16. The first-order valence-electron chi connectivity index (χ1n) is 9.02. The van der Waals surface area contributed by atoms with Crippen LogP contribution >= 0.6 is 0 Å². The van der Waals surface area contributed by atoms with E-state index < -0.39 is 0 Å². The zero-order valence-corrected chi connectivity index (χ0v) is 14.9. The van der Waals surface area contributed by atoms with Crippen molar-refractivity contribution < 1.29 is 4.79 Å². The van der Waals surface area contributed by atoms with Crippen molar-refractivity contribution in [1.82, 2.24) is 20.1 Å². The van der Waals surface area contributed by atoms with Gasteiger partial charge in [-0.15, -0.1) is 6.42 Å². The quantitative estimate of drug-likeness (QED) is 0.816. The fourth-order valence-corrected chi connectivity index (χ4v) is 3.69. The highest BCUT2D eigenvalue weighted by Crippen LogP contribution is 2.19. The number of likely N-dealkylation sites (tertiary alicyclic amines) is 1. The number of amides is 1. The maximum absolute atomic E-state index is 11.9. The number of carbonyl (C=O) groups excluding carboxylic acids is 1. The van der Waals surface area contributed by atoms with Gasteiger partial charge in [-0.1, -0.05) is 5.92 Å². The maximum Gasteiger partial charge on any atom is 0.253 e. The molecule has 1 unspecified atom stereocenters. The lowest BCUT2D eigenvalue weighted by molar-refractivity contribution is 0.0958. The molecule has 6 nitrogen and oxygen atoms in total. The van der Waals surface area contributed by atoms with E-state index in [0.29, 0.717) is 11.6 Å². The highest BCUT2D eigenvalue weighted by Gasteiger charge is 2.27. The van der Waals surface area contributed by atoms with Crippen LogP contribution in [0.4, 0.5) is 5.82 Å². The SMILES string of the molecule is C#CCNC(=O)c1ccc(N2CCN(C3CCCN(C)C3)CC2)nc1. The van der Waals surface area contributed by atoms with E-state index in [2.05, 4.69) is 38.0 Å². The Morgan fingerprint density at radius 3 is 2.76 bits per heavy atom. The molecule has 6 heteroatoms. The van der Waals surface area contributed by atoms with Crippen molar-refractivity contribution >= 4 is 11.7 Å². The van der Waals surface area contributed by atoms with Crippen LogP contribution in [0.25, 0.3) is 0 Å². The van der Waals surface area contributed by atoms with Gasteiger partial charge in [-0.2, -0.15) is 0 Å². The first-order chi connectivity index (χ1) is 12.2. The Kier molecular flexibility index (Phi) is 5.90. The third-order valence-electron chi connectivity index (χ3n) is 5.12. The van der Waals surface area contributed by atoms with E-state index in [4.69, 9.17) is 6.42 Å². The molecular weight excluding hydrogens is 314 g/mol. The second kappa shape index (κ2) is 8.32. The highest BCUT2D eigenvalue weighted by molar-refractivity contribution is 5.94. The van der Waals surface area contributed by atoms with Crippen LogP contribution in [0.15, 0.2) is 18.3 Å². The molecule has 134 valence electrons. The number of nitrogens with zero attached hydrogens (tertiary/aromatic N) is 4. The Morgan fingerprint density at radius 1 is 1.32 bits per heavy atom. The van der Waals surface area contributed by atoms with Gasteiger partial charge in [-0.25, -0.2) is 4.98 Å². The van der Waals surface area contributed by atoms with Gasteiger partial charge in [-0.3, -0.25) is 9.69 Å². The molecule has 1 atom stereocenters. The number of carbonyl (C=O) groups is 1. The van der Waals surface area contributed by atoms with E-state index in [9.17, 15) is 4.79 Å². The molecular formula is C19H27N5O. The molecule has 2 aliphatic rings. The van der Waals surface area contributed by atoms with E-state index in [-0.39, 0.29) is 12.5 Å². The van der Waals surface area contributed by atoms with Crippen LogP contribution in [0.5, 0.6) is 0 Å². The van der Waals surface area contributed by atoms with E-state index in [0.717, 1.165) is 32.0 Å². The van der Waals surface area contributed by atoms with Crippen LogP contribution in [0.2, 0.25) is 0 Å². The zero-order chi connectivity index (χ0) is 17.6. The number of hydrogen-bond acceptors (Lipinski definition) is 5. The molecule has 25 heavy (non-hydrogen) atoms. The van der Waals surface area contributed by atoms with Gasteiger partial charge in [0.15, 0.2) is 0 Å². The first kappa shape index (κ1) is 17.7. The van der Waals surface area contributed by atoms with E-state index >= 15 is 0 Å². The summed E-state index contributed by atoms with van der Waals surface area (Å²) in [5.41, 5.74) is 0.544. The summed E-state index contributed by atoms with van der Waals surface area (Å²) in [7, 11) is 2.22. The zero-order valence-electron chi connectivity index (χ0n) is 14.9. The van der Waals surface area contributed by atoms with E-state index in [1.54, 1.807) is 6.20 Å². The van der Waals surface area contributed by atoms with Crippen molar-refractivity contribution in [3.63, 3.8) is 0 Å². The van der Waals surface area contributed by atoms with E-state index in [1.807, 2.05) is 12.1 Å². The Hall–Kier alpha value is -2.10. The number of anilines is 1. The molecule has 3 heterocycles. The Balaban J connectivity index is 1.52.